The number of anilines is 1. The van der Waals surface area contributed by atoms with Gasteiger partial charge in [-0.3, -0.25) is 0 Å². The van der Waals surface area contributed by atoms with Crippen LogP contribution in [0.4, 0.5) is 5.82 Å². The lowest BCUT2D eigenvalue weighted by molar-refractivity contribution is 0.477. The van der Waals surface area contributed by atoms with E-state index < -0.39 is 0 Å². The fraction of sp³-hybridized carbons (Fsp3) is 0. The number of aromatic amines is 1. The number of benzene rings is 1. The molecule has 17 heavy (non-hydrogen) atoms. The van der Waals surface area contributed by atoms with E-state index in [1.165, 1.54) is 0 Å². The van der Waals surface area contributed by atoms with E-state index >= 15 is 0 Å². The second kappa shape index (κ2) is 3.48. The first-order valence-electron chi connectivity index (χ1n) is 5.14. The number of aromatic nitrogens is 3. The highest BCUT2D eigenvalue weighted by Gasteiger charge is 2.09. The normalized spacial score (nSPS) is 10.8. The van der Waals surface area contributed by atoms with Crippen molar-refractivity contribution in [3.63, 3.8) is 0 Å². The highest BCUT2D eigenvalue weighted by molar-refractivity contribution is 5.78. The number of H-pyrrole nitrogens is 1. The van der Waals surface area contributed by atoms with Crippen LogP contribution in [-0.4, -0.2) is 20.1 Å². The van der Waals surface area contributed by atoms with Gasteiger partial charge >= 0.3 is 0 Å². The van der Waals surface area contributed by atoms with Crippen LogP contribution in [0.3, 0.4) is 0 Å². The summed E-state index contributed by atoms with van der Waals surface area (Å²) in [4.78, 5) is 11.5. The molecule has 5 heteroatoms. The molecule has 3 aromatic rings. The number of phenolic OH excluding ortho intramolecular Hbond substituents is 1. The maximum atomic E-state index is 9.74. The number of para-hydroxylation sites is 1. The summed E-state index contributed by atoms with van der Waals surface area (Å²) >= 11 is 0. The number of pyridine rings is 1. The van der Waals surface area contributed by atoms with E-state index in [0.29, 0.717) is 22.9 Å². The molecular formula is C12H10N4O. The molecule has 0 aliphatic heterocycles. The molecule has 0 atom stereocenters. The lowest BCUT2D eigenvalue weighted by atomic mass is 10.2. The molecule has 3 rings (SSSR count). The Kier molecular flexibility index (Phi) is 1.98. The molecule has 2 heterocycles. The van der Waals surface area contributed by atoms with Gasteiger partial charge in [-0.1, -0.05) is 12.1 Å². The number of fused-ring (bicyclic) bond motifs is 1. The molecule has 84 valence electrons. The first kappa shape index (κ1) is 9.65. The standard InChI is InChI=1S/C12H10N4O/c13-10-6-5-8-12(15-10)16-11(14-8)7-3-1-2-4-9(7)17/h1-6,17H,(H3,13,14,15,16). The molecule has 5 nitrogen and oxygen atoms in total. The van der Waals surface area contributed by atoms with Gasteiger partial charge in [-0.05, 0) is 24.3 Å². The Morgan fingerprint density at radius 1 is 1.06 bits per heavy atom. The van der Waals surface area contributed by atoms with Crippen LogP contribution in [0.5, 0.6) is 5.75 Å². The van der Waals surface area contributed by atoms with E-state index in [-0.39, 0.29) is 5.75 Å². The molecule has 0 radical (unpaired) electrons. The maximum Gasteiger partial charge on any atom is 0.180 e. The van der Waals surface area contributed by atoms with Gasteiger partial charge in [0.25, 0.3) is 0 Å². The Bertz CT molecular complexity index is 690. The van der Waals surface area contributed by atoms with Crippen LogP contribution in [0.25, 0.3) is 22.6 Å². The summed E-state index contributed by atoms with van der Waals surface area (Å²) in [6.07, 6.45) is 0. The zero-order chi connectivity index (χ0) is 11.8. The summed E-state index contributed by atoms with van der Waals surface area (Å²) in [5.41, 5.74) is 7.56. The minimum absolute atomic E-state index is 0.180. The second-order valence-corrected chi connectivity index (χ2v) is 3.71. The Hall–Kier alpha value is -2.56. The van der Waals surface area contributed by atoms with Gasteiger partial charge in [0.2, 0.25) is 0 Å². The van der Waals surface area contributed by atoms with E-state index in [4.69, 9.17) is 5.73 Å². The number of nitrogens with zero attached hydrogens (tertiary/aromatic N) is 2. The minimum atomic E-state index is 0.180. The molecule has 0 aliphatic carbocycles. The smallest absolute Gasteiger partial charge is 0.180 e. The van der Waals surface area contributed by atoms with E-state index in [2.05, 4.69) is 15.0 Å². The van der Waals surface area contributed by atoms with Gasteiger partial charge in [-0.25, -0.2) is 9.97 Å². The van der Waals surface area contributed by atoms with Crippen molar-refractivity contribution >= 4 is 17.0 Å². The number of imidazole rings is 1. The third kappa shape index (κ3) is 1.57. The number of hydrogen-bond acceptors (Lipinski definition) is 4. The van der Waals surface area contributed by atoms with Crippen molar-refractivity contribution in [1.82, 2.24) is 15.0 Å². The number of nitrogen functional groups attached to an aromatic ring is 1. The zero-order valence-electron chi connectivity index (χ0n) is 8.88. The predicted molar refractivity (Wildman–Crippen MR) is 65.4 cm³/mol. The maximum absolute atomic E-state index is 9.74. The monoisotopic (exact) mass is 226 g/mol. The second-order valence-electron chi connectivity index (χ2n) is 3.71. The van der Waals surface area contributed by atoms with Gasteiger partial charge in [0.1, 0.15) is 17.4 Å². The van der Waals surface area contributed by atoms with E-state index in [9.17, 15) is 5.11 Å². The first-order chi connectivity index (χ1) is 8.24. The zero-order valence-corrected chi connectivity index (χ0v) is 8.88. The van der Waals surface area contributed by atoms with Gasteiger partial charge in [-0.15, -0.1) is 0 Å². The molecule has 1 aromatic carbocycles. The highest BCUT2D eigenvalue weighted by atomic mass is 16.3. The Balaban J connectivity index is 2.22. The average molecular weight is 226 g/mol. The molecule has 0 saturated heterocycles. The van der Waals surface area contributed by atoms with E-state index in [1.54, 1.807) is 24.3 Å². The molecule has 2 aromatic heterocycles. The van der Waals surface area contributed by atoms with Gasteiger partial charge in [-0.2, -0.15) is 0 Å². The average Bonchev–Trinajstić information content (AvgIpc) is 2.72. The van der Waals surface area contributed by atoms with E-state index in [0.717, 1.165) is 5.52 Å². The number of nitrogens with two attached hydrogens (primary N) is 1. The number of hydrogen-bond donors (Lipinski definition) is 3. The predicted octanol–water partition coefficient (Wildman–Crippen LogP) is 1.91. The summed E-state index contributed by atoms with van der Waals surface area (Å²) in [5.74, 6) is 1.18. The van der Waals surface area contributed by atoms with Crippen molar-refractivity contribution in [1.29, 1.82) is 0 Å². The summed E-state index contributed by atoms with van der Waals surface area (Å²) in [5, 5.41) is 9.74. The van der Waals surface area contributed by atoms with Crippen molar-refractivity contribution < 1.29 is 5.11 Å². The summed E-state index contributed by atoms with van der Waals surface area (Å²) < 4.78 is 0. The van der Waals surface area contributed by atoms with Crippen LogP contribution in [0.2, 0.25) is 0 Å². The summed E-state index contributed by atoms with van der Waals surface area (Å²) in [6.45, 7) is 0. The Labute approximate surface area is 97.0 Å². The lowest BCUT2D eigenvalue weighted by Gasteiger charge is -1.98. The quantitative estimate of drug-likeness (QED) is 0.591. The van der Waals surface area contributed by atoms with Gasteiger partial charge in [0.15, 0.2) is 5.65 Å². The molecule has 0 fully saturated rings. The van der Waals surface area contributed by atoms with Crippen LogP contribution in [0.1, 0.15) is 0 Å². The molecule has 4 N–H and O–H groups in total. The number of nitrogens with one attached hydrogen (secondary N) is 1. The first-order valence-corrected chi connectivity index (χ1v) is 5.14. The molecule has 0 bridgehead atoms. The van der Waals surface area contributed by atoms with Crippen LogP contribution < -0.4 is 5.73 Å². The van der Waals surface area contributed by atoms with Crippen LogP contribution >= 0.6 is 0 Å². The number of aromatic hydroxyl groups is 1. The van der Waals surface area contributed by atoms with Crippen LogP contribution in [0.15, 0.2) is 36.4 Å². The third-order valence-electron chi connectivity index (χ3n) is 2.53. The van der Waals surface area contributed by atoms with Crippen molar-refractivity contribution in [3.8, 4) is 17.1 Å². The molecule has 0 spiro atoms. The molecule has 0 aliphatic rings. The summed E-state index contributed by atoms with van der Waals surface area (Å²) in [7, 11) is 0. The lowest BCUT2D eigenvalue weighted by Crippen LogP contribution is -1.88. The highest BCUT2D eigenvalue weighted by Crippen LogP contribution is 2.27. The molecule has 0 saturated carbocycles. The van der Waals surface area contributed by atoms with Crippen LogP contribution in [0, 0.1) is 0 Å². The number of rotatable bonds is 1. The van der Waals surface area contributed by atoms with Crippen molar-refractivity contribution in [2.45, 2.75) is 0 Å². The largest absolute Gasteiger partial charge is 0.507 e. The fourth-order valence-electron chi connectivity index (χ4n) is 1.71. The molecular weight excluding hydrogens is 216 g/mol. The van der Waals surface area contributed by atoms with Crippen molar-refractivity contribution in [3.05, 3.63) is 36.4 Å². The number of phenols is 1. The van der Waals surface area contributed by atoms with Crippen molar-refractivity contribution in [2.75, 3.05) is 5.73 Å². The van der Waals surface area contributed by atoms with Gasteiger partial charge in [0.05, 0.1) is 11.1 Å². The molecule has 0 amide bonds. The van der Waals surface area contributed by atoms with Gasteiger partial charge in [0, 0.05) is 0 Å². The van der Waals surface area contributed by atoms with Gasteiger partial charge < -0.3 is 15.8 Å². The Morgan fingerprint density at radius 2 is 1.88 bits per heavy atom. The van der Waals surface area contributed by atoms with Crippen molar-refractivity contribution in [2.24, 2.45) is 0 Å². The third-order valence-corrected chi connectivity index (χ3v) is 2.53. The minimum Gasteiger partial charge on any atom is -0.507 e. The fourth-order valence-corrected chi connectivity index (χ4v) is 1.71. The van der Waals surface area contributed by atoms with E-state index in [1.807, 2.05) is 12.1 Å². The molecule has 0 unspecified atom stereocenters. The Morgan fingerprint density at radius 3 is 2.71 bits per heavy atom. The van der Waals surface area contributed by atoms with Crippen LogP contribution in [-0.2, 0) is 0 Å². The summed E-state index contributed by atoms with van der Waals surface area (Å²) in [6, 6.07) is 10.5. The SMILES string of the molecule is Nc1ccc2[nH]c(-c3ccccc3O)nc2n1. The topological polar surface area (TPSA) is 87.8 Å².